The predicted molar refractivity (Wildman–Crippen MR) is 121 cm³/mol. The van der Waals surface area contributed by atoms with Crippen molar-refractivity contribution < 1.29 is 18.9 Å². The van der Waals surface area contributed by atoms with Gasteiger partial charge in [-0.05, 0) is 36.2 Å². The molecule has 32 heavy (non-hydrogen) atoms. The Balaban J connectivity index is 1.58. The van der Waals surface area contributed by atoms with Gasteiger partial charge in [-0.1, -0.05) is 24.3 Å². The van der Waals surface area contributed by atoms with Gasteiger partial charge in [0.15, 0.2) is 6.04 Å². The molecule has 0 bridgehead atoms. The highest BCUT2D eigenvalue weighted by molar-refractivity contribution is 5.86. The van der Waals surface area contributed by atoms with Crippen LogP contribution in [0.3, 0.4) is 0 Å². The number of nitro benzene ring substituents is 1. The third kappa shape index (κ3) is 4.29. The number of furan rings is 1. The fourth-order valence-electron chi connectivity index (χ4n) is 3.56. The summed E-state index contributed by atoms with van der Waals surface area (Å²) >= 11 is 0. The van der Waals surface area contributed by atoms with E-state index < -0.39 is 16.9 Å². The van der Waals surface area contributed by atoms with Gasteiger partial charge in [0.05, 0.1) is 18.2 Å². The van der Waals surface area contributed by atoms with Gasteiger partial charge >= 0.3 is 5.97 Å². The molecule has 8 nitrogen and oxygen atoms in total. The molecule has 2 heterocycles. The molecule has 0 unspecified atom stereocenters. The number of nitrogens with zero attached hydrogens (tertiary/aromatic N) is 2. The number of rotatable bonds is 7. The third-order valence-electron chi connectivity index (χ3n) is 5.27. The number of non-ortho nitro benzene ring substituents is 1. The van der Waals surface area contributed by atoms with E-state index in [1.165, 1.54) is 25.5 Å². The molecule has 2 aromatic carbocycles. The van der Waals surface area contributed by atoms with Gasteiger partial charge in [-0.15, -0.1) is 0 Å². The van der Waals surface area contributed by atoms with Crippen LogP contribution in [0, 0.1) is 17.0 Å². The monoisotopic (exact) mass is 431 g/mol. The van der Waals surface area contributed by atoms with E-state index in [0.29, 0.717) is 23.5 Å². The second kappa shape index (κ2) is 8.89. The Kier molecular flexibility index (Phi) is 5.85. The number of carbonyl (C=O) groups is 1. The van der Waals surface area contributed by atoms with E-state index in [-0.39, 0.29) is 5.69 Å². The van der Waals surface area contributed by atoms with Gasteiger partial charge in [-0.25, -0.2) is 4.79 Å². The first-order chi connectivity index (χ1) is 15.5. The van der Waals surface area contributed by atoms with Crippen molar-refractivity contribution >= 4 is 28.8 Å². The average molecular weight is 431 g/mol. The van der Waals surface area contributed by atoms with Crippen LogP contribution in [0.5, 0.6) is 0 Å². The van der Waals surface area contributed by atoms with Crippen molar-refractivity contribution in [1.29, 1.82) is 0 Å². The fourth-order valence-corrected chi connectivity index (χ4v) is 3.56. The Hall–Kier alpha value is -4.20. The summed E-state index contributed by atoms with van der Waals surface area (Å²) in [7, 11) is 1.33. The summed E-state index contributed by atoms with van der Waals surface area (Å²) in [4.78, 5) is 30.6. The zero-order chi connectivity index (χ0) is 22.7. The zero-order valence-corrected chi connectivity index (χ0v) is 17.6. The number of aromatic nitrogens is 1. The normalized spacial score (nSPS) is 12.3. The molecule has 0 aliphatic carbocycles. The van der Waals surface area contributed by atoms with E-state index in [9.17, 15) is 14.9 Å². The van der Waals surface area contributed by atoms with Crippen molar-refractivity contribution in [3.8, 4) is 11.3 Å². The van der Waals surface area contributed by atoms with Crippen LogP contribution in [0.1, 0.15) is 16.9 Å². The first-order valence-electron chi connectivity index (χ1n) is 9.97. The van der Waals surface area contributed by atoms with Crippen molar-refractivity contribution in [2.45, 2.75) is 19.4 Å². The summed E-state index contributed by atoms with van der Waals surface area (Å²) in [5.74, 6) is 0.463. The van der Waals surface area contributed by atoms with Crippen molar-refractivity contribution in [3.63, 3.8) is 0 Å². The van der Waals surface area contributed by atoms with Crippen molar-refractivity contribution in [1.82, 2.24) is 4.98 Å². The average Bonchev–Trinajstić information content (AvgIpc) is 3.43. The first-order valence-corrected chi connectivity index (χ1v) is 9.97. The van der Waals surface area contributed by atoms with Gasteiger partial charge in [0.2, 0.25) is 0 Å². The maximum Gasteiger partial charge on any atom is 0.330 e. The molecule has 4 rings (SSSR count). The molecule has 162 valence electrons. The van der Waals surface area contributed by atoms with Crippen LogP contribution < -0.4 is 0 Å². The number of aryl methyl sites for hydroxylation is 1. The second-order valence-electron chi connectivity index (χ2n) is 7.34. The molecular weight excluding hydrogens is 410 g/mol. The molecule has 0 aliphatic heterocycles. The number of hydrogen-bond acceptors (Lipinski definition) is 6. The SMILES string of the molecule is COC(=O)[C@H](Cc1c[nH]c2ccccc12)N=Cc1ccc(-c2cc([N+](=O)[O-])ccc2C)o1. The van der Waals surface area contributed by atoms with Crippen LogP contribution in [-0.2, 0) is 16.0 Å². The molecule has 4 aromatic rings. The molecule has 1 atom stereocenters. The third-order valence-corrected chi connectivity index (χ3v) is 5.27. The second-order valence-corrected chi connectivity index (χ2v) is 7.34. The summed E-state index contributed by atoms with van der Waals surface area (Å²) in [6.45, 7) is 1.85. The minimum Gasteiger partial charge on any atom is -0.467 e. The number of carbonyl (C=O) groups excluding carboxylic acids is 1. The number of para-hydroxylation sites is 1. The van der Waals surface area contributed by atoms with Crippen molar-refractivity contribution in [2.75, 3.05) is 7.11 Å². The number of esters is 1. The lowest BCUT2D eigenvalue weighted by Crippen LogP contribution is -2.23. The molecule has 0 spiro atoms. The number of H-pyrrole nitrogens is 1. The van der Waals surface area contributed by atoms with E-state index in [1.54, 1.807) is 18.2 Å². The van der Waals surface area contributed by atoms with Gasteiger partial charge in [0.25, 0.3) is 5.69 Å². The van der Waals surface area contributed by atoms with Crippen LogP contribution in [0.2, 0.25) is 0 Å². The molecule has 0 amide bonds. The van der Waals surface area contributed by atoms with Crippen LogP contribution in [0.15, 0.2) is 70.2 Å². The van der Waals surface area contributed by atoms with Gasteiger partial charge in [0, 0.05) is 41.2 Å². The Morgan fingerprint density at radius 2 is 2.06 bits per heavy atom. The standard InChI is InChI=1S/C24H21N3O5/c1-15-7-8-17(27(29)30)12-20(15)23-10-9-18(32-23)14-26-22(24(28)31-2)11-16-13-25-21-6-4-3-5-19(16)21/h3-10,12-14,22,25H,11H2,1-2H3/t22-/m0/s1. The molecule has 1 N–H and O–H groups in total. The largest absolute Gasteiger partial charge is 0.467 e. The quantitative estimate of drug-likeness (QED) is 0.195. The number of ether oxygens (including phenoxy) is 1. The Morgan fingerprint density at radius 3 is 2.84 bits per heavy atom. The molecule has 0 aliphatic rings. The molecule has 0 saturated heterocycles. The van der Waals surface area contributed by atoms with Crippen LogP contribution in [-0.4, -0.2) is 35.2 Å². The van der Waals surface area contributed by atoms with E-state index in [4.69, 9.17) is 9.15 Å². The number of hydrogen-bond donors (Lipinski definition) is 1. The van der Waals surface area contributed by atoms with Crippen LogP contribution in [0.4, 0.5) is 5.69 Å². The van der Waals surface area contributed by atoms with E-state index in [0.717, 1.165) is 22.0 Å². The van der Waals surface area contributed by atoms with Gasteiger partial charge in [0.1, 0.15) is 11.5 Å². The summed E-state index contributed by atoms with van der Waals surface area (Å²) in [5.41, 5.74) is 3.41. The van der Waals surface area contributed by atoms with Gasteiger partial charge < -0.3 is 14.1 Å². The highest BCUT2D eigenvalue weighted by Gasteiger charge is 2.20. The smallest absolute Gasteiger partial charge is 0.330 e. The lowest BCUT2D eigenvalue weighted by molar-refractivity contribution is -0.384. The molecule has 2 aromatic heterocycles. The summed E-state index contributed by atoms with van der Waals surface area (Å²) < 4.78 is 10.8. The fraction of sp³-hybridized carbons (Fsp3) is 0.167. The number of aromatic amines is 1. The lowest BCUT2D eigenvalue weighted by Gasteiger charge is -2.09. The van der Waals surface area contributed by atoms with Gasteiger partial charge in [-0.2, -0.15) is 0 Å². The van der Waals surface area contributed by atoms with Gasteiger partial charge in [-0.3, -0.25) is 15.1 Å². The topological polar surface area (TPSA) is 111 Å². The van der Waals surface area contributed by atoms with E-state index in [1.807, 2.05) is 37.4 Å². The van der Waals surface area contributed by atoms with Crippen LogP contribution in [0.25, 0.3) is 22.2 Å². The van der Waals surface area contributed by atoms with E-state index >= 15 is 0 Å². The molecule has 8 heteroatoms. The number of nitro groups is 1. The van der Waals surface area contributed by atoms with Crippen molar-refractivity contribution in [2.24, 2.45) is 4.99 Å². The number of aliphatic imine (C=N–C) groups is 1. The number of nitrogens with one attached hydrogen (secondary N) is 1. The van der Waals surface area contributed by atoms with E-state index in [2.05, 4.69) is 9.98 Å². The van der Waals surface area contributed by atoms with Crippen molar-refractivity contribution in [3.05, 3.63) is 87.8 Å². The first kappa shape index (κ1) is 21.0. The maximum absolute atomic E-state index is 12.3. The lowest BCUT2D eigenvalue weighted by atomic mass is 10.1. The highest BCUT2D eigenvalue weighted by atomic mass is 16.6. The van der Waals surface area contributed by atoms with Crippen LogP contribution >= 0.6 is 0 Å². The Morgan fingerprint density at radius 1 is 1.25 bits per heavy atom. The summed E-state index contributed by atoms with van der Waals surface area (Å²) in [6.07, 6.45) is 3.71. The zero-order valence-electron chi connectivity index (χ0n) is 17.6. The number of benzene rings is 2. The molecule has 0 saturated carbocycles. The Labute approximate surface area is 183 Å². The number of methoxy groups -OCH3 is 1. The Bertz CT molecular complexity index is 1320. The molecular formula is C24H21N3O5. The minimum absolute atomic E-state index is 0.0123. The summed E-state index contributed by atoms with van der Waals surface area (Å²) in [6, 6.07) is 15.1. The maximum atomic E-state index is 12.3. The molecule has 0 fully saturated rings. The highest BCUT2D eigenvalue weighted by Crippen LogP contribution is 2.29. The summed E-state index contributed by atoms with van der Waals surface area (Å²) in [5, 5.41) is 12.1. The predicted octanol–water partition coefficient (Wildman–Crippen LogP) is 4.85. The molecule has 0 radical (unpaired) electrons. The number of fused-ring (bicyclic) bond motifs is 1. The minimum atomic E-state index is -0.743.